The van der Waals surface area contributed by atoms with Crippen LogP contribution in [-0.4, -0.2) is 33.5 Å². The monoisotopic (exact) mass is 390 g/mol. The molecular weight excluding hydrogens is 368 g/mol. The highest BCUT2D eigenvalue weighted by Gasteiger charge is 2.11. The summed E-state index contributed by atoms with van der Waals surface area (Å²) in [6.45, 7) is 0. The van der Waals surface area contributed by atoms with E-state index < -0.39 is 0 Å². The van der Waals surface area contributed by atoms with Gasteiger partial charge in [0.25, 0.3) is 5.91 Å². The number of ether oxygens (including phenoxy) is 3. The van der Waals surface area contributed by atoms with Gasteiger partial charge in [-0.1, -0.05) is 42.5 Å². The fraction of sp³-hybridized carbons (Fsp3) is 0.130. The van der Waals surface area contributed by atoms with Crippen LogP contribution in [0.4, 0.5) is 0 Å². The first-order chi connectivity index (χ1) is 14.2. The number of hydrazone groups is 1. The van der Waals surface area contributed by atoms with E-state index in [1.54, 1.807) is 45.6 Å². The van der Waals surface area contributed by atoms with Gasteiger partial charge < -0.3 is 14.2 Å². The Bertz CT molecular complexity index is 999. The van der Waals surface area contributed by atoms with E-state index in [9.17, 15) is 4.79 Å². The van der Waals surface area contributed by atoms with Crippen LogP contribution in [0.15, 0.2) is 71.8 Å². The molecule has 6 heteroatoms. The van der Waals surface area contributed by atoms with Crippen LogP contribution in [0.25, 0.3) is 11.1 Å². The zero-order valence-corrected chi connectivity index (χ0v) is 16.5. The molecule has 0 radical (unpaired) electrons. The van der Waals surface area contributed by atoms with Crippen molar-refractivity contribution in [3.8, 4) is 28.4 Å². The number of carbonyl (C=O) groups excluding carboxylic acids is 1. The molecule has 0 spiro atoms. The number of hydrogen-bond acceptors (Lipinski definition) is 5. The van der Waals surface area contributed by atoms with Crippen molar-refractivity contribution in [1.82, 2.24) is 5.43 Å². The Labute approximate surface area is 169 Å². The molecule has 6 nitrogen and oxygen atoms in total. The molecule has 0 heterocycles. The molecular formula is C23H22N2O4. The molecule has 0 saturated heterocycles. The van der Waals surface area contributed by atoms with Crippen LogP contribution in [0.3, 0.4) is 0 Å². The molecule has 148 valence electrons. The third kappa shape index (κ3) is 4.73. The molecule has 0 saturated carbocycles. The minimum absolute atomic E-state index is 0.305. The molecule has 29 heavy (non-hydrogen) atoms. The van der Waals surface area contributed by atoms with Gasteiger partial charge in [0.2, 0.25) is 0 Å². The molecule has 0 bridgehead atoms. The number of nitrogens with zero attached hydrogens (tertiary/aromatic N) is 1. The topological polar surface area (TPSA) is 69.2 Å². The molecule has 1 amide bonds. The first-order valence-corrected chi connectivity index (χ1v) is 8.95. The van der Waals surface area contributed by atoms with Crippen LogP contribution in [0.5, 0.6) is 17.2 Å². The minimum atomic E-state index is -0.305. The summed E-state index contributed by atoms with van der Waals surface area (Å²) in [4.78, 5) is 12.4. The molecule has 0 atom stereocenters. The standard InChI is InChI=1S/C23H22N2O4/c1-27-20-14-22(29-3)21(28-2)13-19(20)15-24-25-23(26)18-11-9-17(10-12-18)16-7-5-4-6-8-16/h4-15H,1-3H3,(H,25,26)/b24-15+. The highest BCUT2D eigenvalue weighted by Crippen LogP contribution is 2.33. The third-order valence-electron chi connectivity index (χ3n) is 4.36. The first-order valence-electron chi connectivity index (χ1n) is 8.95. The van der Waals surface area contributed by atoms with Gasteiger partial charge in [-0.15, -0.1) is 0 Å². The molecule has 0 aliphatic rings. The summed E-state index contributed by atoms with van der Waals surface area (Å²) >= 11 is 0. The summed E-state index contributed by atoms with van der Waals surface area (Å²) in [5, 5.41) is 4.04. The number of methoxy groups -OCH3 is 3. The number of nitrogens with one attached hydrogen (secondary N) is 1. The van der Waals surface area contributed by atoms with Gasteiger partial charge in [0.05, 0.1) is 27.5 Å². The third-order valence-corrected chi connectivity index (χ3v) is 4.36. The number of carbonyl (C=O) groups is 1. The summed E-state index contributed by atoms with van der Waals surface area (Å²) in [6.07, 6.45) is 1.50. The fourth-order valence-electron chi connectivity index (χ4n) is 2.82. The second-order valence-electron chi connectivity index (χ2n) is 6.09. The van der Waals surface area contributed by atoms with Gasteiger partial charge in [-0.05, 0) is 29.3 Å². The molecule has 0 fully saturated rings. The Kier molecular flexibility index (Phi) is 6.47. The number of benzene rings is 3. The zero-order chi connectivity index (χ0) is 20.6. The predicted octanol–water partition coefficient (Wildman–Crippen LogP) is 4.14. The van der Waals surface area contributed by atoms with Gasteiger partial charge in [-0.25, -0.2) is 5.43 Å². The molecule has 1 N–H and O–H groups in total. The van der Waals surface area contributed by atoms with Crippen LogP contribution < -0.4 is 19.6 Å². The van der Waals surface area contributed by atoms with Gasteiger partial charge in [-0.3, -0.25) is 4.79 Å². The Balaban J connectivity index is 1.71. The number of rotatable bonds is 7. The maximum atomic E-state index is 12.4. The average Bonchev–Trinajstić information content (AvgIpc) is 2.79. The molecule has 0 aliphatic heterocycles. The predicted molar refractivity (Wildman–Crippen MR) is 113 cm³/mol. The summed E-state index contributed by atoms with van der Waals surface area (Å²) in [6, 6.07) is 20.8. The molecule has 3 aromatic rings. The number of amides is 1. The number of hydrogen-bond donors (Lipinski definition) is 1. The van der Waals surface area contributed by atoms with Gasteiger partial charge in [-0.2, -0.15) is 5.10 Å². The van der Waals surface area contributed by atoms with Gasteiger partial charge in [0.1, 0.15) is 5.75 Å². The van der Waals surface area contributed by atoms with E-state index in [4.69, 9.17) is 14.2 Å². The van der Waals surface area contributed by atoms with Crippen LogP contribution in [-0.2, 0) is 0 Å². The molecule has 0 aromatic heterocycles. The lowest BCUT2D eigenvalue weighted by atomic mass is 10.0. The minimum Gasteiger partial charge on any atom is -0.496 e. The molecule has 3 rings (SSSR count). The first kappa shape index (κ1) is 19.9. The Hall–Kier alpha value is -3.80. The molecule has 0 aliphatic carbocycles. The second-order valence-corrected chi connectivity index (χ2v) is 6.09. The summed E-state index contributed by atoms with van der Waals surface area (Å²) in [5.74, 6) is 1.33. The van der Waals surface area contributed by atoms with Crippen molar-refractivity contribution in [2.75, 3.05) is 21.3 Å². The second kappa shape index (κ2) is 9.41. The van der Waals surface area contributed by atoms with Crippen LogP contribution in [0.2, 0.25) is 0 Å². The summed E-state index contributed by atoms with van der Waals surface area (Å²) < 4.78 is 15.9. The van der Waals surface area contributed by atoms with Crippen molar-refractivity contribution >= 4 is 12.1 Å². The van der Waals surface area contributed by atoms with E-state index in [0.29, 0.717) is 28.4 Å². The summed E-state index contributed by atoms with van der Waals surface area (Å²) in [5.41, 5.74) is 5.82. The largest absolute Gasteiger partial charge is 0.496 e. The SMILES string of the molecule is COc1cc(OC)c(OC)cc1/C=N/NC(=O)c1ccc(-c2ccccc2)cc1. The molecule has 0 unspecified atom stereocenters. The van der Waals surface area contributed by atoms with Gasteiger partial charge >= 0.3 is 0 Å². The molecule has 3 aromatic carbocycles. The maximum Gasteiger partial charge on any atom is 0.271 e. The Morgan fingerprint density at radius 3 is 2.00 bits per heavy atom. The maximum absolute atomic E-state index is 12.4. The highest BCUT2D eigenvalue weighted by atomic mass is 16.5. The Morgan fingerprint density at radius 2 is 1.38 bits per heavy atom. The van der Waals surface area contributed by atoms with Crippen molar-refractivity contribution in [3.63, 3.8) is 0 Å². The lowest BCUT2D eigenvalue weighted by Crippen LogP contribution is -2.17. The van der Waals surface area contributed by atoms with Gasteiger partial charge in [0, 0.05) is 17.2 Å². The van der Waals surface area contributed by atoms with Crippen molar-refractivity contribution in [2.45, 2.75) is 0 Å². The lowest BCUT2D eigenvalue weighted by molar-refractivity contribution is 0.0955. The van der Waals surface area contributed by atoms with Crippen LogP contribution >= 0.6 is 0 Å². The van der Waals surface area contributed by atoms with E-state index in [1.807, 2.05) is 42.5 Å². The fourth-order valence-corrected chi connectivity index (χ4v) is 2.82. The van der Waals surface area contributed by atoms with E-state index in [-0.39, 0.29) is 5.91 Å². The smallest absolute Gasteiger partial charge is 0.271 e. The van der Waals surface area contributed by atoms with Crippen molar-refractivity contribution < 1.29 is 19.0 Å². The van der Waals surface area contributed by atoms with Crippen molar-refractivity contribution in [3.05, 3.63) is 77.9 Å². The zero-order valence-electron chi connectivity index (χ0n) is 16.5. The van der Waals surface area contributed by atoms with Crippen LogP contribution in [0, 0.1) is 0 Å². The van der Waals surface area contributed by atoms with E-state index >= 15 is 0 Å². The van der Waals surface area contributed by atoms with Crippen molar-refractivity contribution in [2.24, 2.45) is 5.10 Å². The van der Waals surface area contributed by atoms with E-state index in [2.05, 4.69) is 10.5 Å². The normalized spacial score (nSPS) is 10.6. The Morgan fingerprint density at radius 1 is 0.793 bits per heavy atom. The van der Waals surface area contributed by atoms with Gasteiger partial charge in [0.15, 0.2) is 11.5 Å². The quantitative estimate of drug-likeness (QED) is 0.486. The summed E-state index contributed by atoms with van der Waals surface area (Å²) in [7, 11) is 4.64. The lowest BCUT2D eigenvalue weighted by Gasteiger charge is -2.11. The van der Waals surface area contributed by atoms with E-state index in [1.165, 1.54) is 6.21 Å². The highest BCUT2D eigenvalue weighted by molar-refractivity contribution is 5.95. The van der Waals surface area contributed by atoms with E-state index in [0.717, 1.165) is 11.1 Å². The van der Waals surface area contributed by atoms with Crippen LogP contribution in [0.1, 0.15) is 15.9 Å². The van der Waals surface area contributed by atoms with Crippen molar-refractivity contribution in [1.29, 1.82) is 0 Å². The average molecular weight is 390 g/mol.